The fourth-order valence-electron chi connectivity index (χ4n) is 3.10. The highest BCUT2D eigenvalue weighted by molar-refractivity contribution is 5.70. The van der Waals surface area contributed by atoms with E-state index in [0.29, 0.717) is 11.2 Å². The molecule has 0 aromatic carbocycles. The van der Waals surface area contributed by atoms with E-state index in [-0.39, 0.29) is 11.5 Å². The van der Waals surface area contributed by atoms with Crippen LogP contribution in [-0.2, 0) is 0 Å². The minimum atomic E-state index is -0.400. The van der Waals surface area contributed by atoms with E-state index in [0.717, 1.165) is 38.8 Å². The lowest BCUT2D eigenvalue weighted by Crippen LogP contribution is -2.40. The molecule has 1 saturated heterocycles. The third-order valence-corrected chi connectivity index (χ3v) is 4.85. The summed E-state index contributed by atoms with van der Waals surface area (Å²) in [5.41, 5.74) is 0.352. The molecule has 1 aliphatic heterocycles. The van der Waals surface area contributed by atoms with Gasteiger partial charge in [-0.1, -0.05) is 26.7 Å². The van der Waals surface area contributed by atoms with Crippen LogP contribution >= 0.6 is 0 Å². The van der Waals surface area contributed by atoms with Gasteiger partial charge in [-0.25, -0.2) is 9.97 Å². The maximum Gasteiger partial charge on any atom is 0.353 e. The van der Waals surface area contributed by atoms with Gasteiger partial charge in [0.25, 0.3) is 0 Å². The number of nitro groups is 1. The van der Waals surface area contributed by atoms with Gasteiger partial charge in [-0.3, -0.25) is 10.1 Å². The summed E-state index contributed by atoms with van der Waals surface area (Å²) in [6.07, 6.45) is 5.80. The Balaban J connectivity index is 2.26. The molecule has 0 bridgehead atoms. The quantitative estimate of drug-likeness (QED) is 0.664. The number of nitrogens with one attached hydrogen (secondary N) is 1. The number of hydrogen-bond acceptors (Lipinski definition) is 6. The van der Waals surface area contributed by atoms with Gasteiger partial charge in [0.05, 0.1) is 4.92 Å². The lowest BCUT2D eigenvalue weighted by Gasteiger charge is -2.41. The molecule has 7 heteroatoms. The lowest BCUT2D eigenvalue weighted by atomic mass is 9.74. The van der Waals surface area contributed by atoms with Crippen molar-refractivity contribution in [2.45, 2.75) is 39.5 Å². The van der Waals surface area contributed by atoms with Crippen molar-refractivity contribution in [3.05, 3.63) is 16.4 Å². The van der Waals surface area contributed by atoms with Crippen molar-refractivity contribution < 1.29 is 4.92 Å². The number of piperidine rings is 1. The summed E-state index contributed by atoms with van der Waals surface area (Å²) in [6.45, 7) is 6.07. The topological polar surface area (TPSA) is 84.2 Å². The molecule has 1 N–H and O–H groups in total. The average molecular weight is 293 g/mol. The van der Waals surface area contributed by atoms with Gasteiger partial charge in [-0.15, -0.1) is 0 Å². The molecule has 0 aliphatic carbocycles. The predicted octanol–water partition coefficient (Wildman–Crippen LogP) is 2.83. The van der Waals surface area contributed by atoms with Gasteiger partial charge in [0, 0.05) is 20.1 Å². The smallest absolute Gasteiger partial charge is 0.353 e. The highest BCUT2D eigenvalue weighted by Crippen LogP contribution is 2.41. The zero-order chi connectivity index (χ0) is 15.5. The fourth-order valence-corrected chi connectivity index (χ4v) is 3.10. The maximum atomic E-state index is 11.3. The second kappa shape index (κ2) is 6.24. The van der Waals surface area contributed by atoms with Gasteiger partial charge >= 0.3 is 5.69 Å². The highest BCUT2D eigenvalue weighted by atomic mass is 16.6. The molecule has 2 heterocycles. The minimum Gasteiger partial charge on any atom is -0.367 e. The maximum absolute atomic E-state index is 11.3. The van der Waals surface area contributed by atoms with Crippen LogP contribution < -0.4 is 10.2 Å². The predicted molar refractivity (Wildman–Crippen MR) is 82.7 cm³/mol. The SMILES string of the molecule is CCC1(CC)CCN(c2ncnc(NC)c2[N+](=O)[O-])CC1. The van der Waals surface area contributed by atoms with Crippen molar-refractivity contribution in [1.29, 1.82) is 0 Å². The lowest BCUT2D eigenvalue weighted by molar-refractivity contribution is -0.383. The summed E-state index contributed by atoms with van der Waals surface area (Å²) in [5.74, 6) is 0.702. The summed E-state index contributed by atoms with van der Waals surface area (Å²) in [7, 11) is 1.63. The van der Waals surface area contributed by atoms with Crippen LogP contribution in [0.1, 0.15) is 39.5 Å². The first kappa shape index (κ1) is 15.5. The second-order valence-corrected chi connectivity index (χ2v) is 5.60. The van der Waals surface area contributed by atoms with E-state index >= 15 is 0 Å². The molecule has 1 aromatic rings. The zero-order valence-electron chi connectivity index (χ0n) is 12.9. The van der Waals surface area contributed by atoms with Gasteiger partial charge in [0.2, 0.25) is 11.6 Å². The Hall–Kier alpha value is -1.92. The molecule has 0 unspecified atom stereocenters. The van der Waals surface area contributed by atoms with Crippen LogP contribution in [0.15, 0.2) is 6.33 Å². The van der Waals surface area contributed by atoms with Crippen molar-refractivity contribution in [3.63, 3.8) is 0 Å². The van der Waals surface area contributed by atoms with Gasteiger partial charge in [-0.2, -0.15) is 0 Å². The van der Waals surface area contributed by atoms with Crippen molar-refractivity contribution in [2.24, 2.45) is 5.41 Å². The standard InChI is InChI=1S/C14H23N5O2/c1-4-14(5-2)6-8-18(9-7-14)13-11(19(20)21)12(15-3)16-10-17-13/h10H,4-9H2,1-3H3,(H,15,16,17). The van der Waals surface area contributed by atoms with E-state index in [1.807, 2.05) is 4.90 Å². The minimum absolute atomic E-state index is 0.0273. The molecule has 7 nitrogen and oxygen atoms in total. The first-order valence-corrected chi connectivity index (χ1v) is 7.49. The fraction of sp³-hybridized carbons (Fsp3) is 0.714. The van der Waals surface area contributed by atoms with Crippen molar-refractivity contribution in [2.75, 3.05) is 30.4 Å². The van der Waals surface area contributed by atoms with Gasteiger partial charge in [-0.05, 0) is 18.3 Å². The number of hydrogen-bond donors (Lipinski definition) is 1. The van der Waals surface area contributed by atoms with Gasteiger partial charge < -0.3 is 10.2 Å². The van der Waals surface area contributed by atoms with E-state index in [9.17, 15) is 10.1 Å². The van der Waals surface area contributed by atoms with Crippen molar-refractivity contribution in [1.82, 2.24) is 9.97 Å². The monoisotopic (exact) mass is 293 g/mol. The first-order valence-electron chi connectivity index (χ1n) is 7.49. The molecule has 21 heavy (non-hydrogen) atoms. The number of nitrogens with zero attached hydrogens (tertiary/aromatic N) is 4. The second-order valence-electron chi connectivity index (χ2n) is 5.60. The molecule has 0 saturated carbocycles. The Bertz CT molecular complexity index is 506. The summed E-state index contributed by atoms with van der Waals surface area (Å²) in [4.78, 5) is 21.1. The normalized spacial score (nSPS) is 17.6. The summed E-state index contributed by atoms with van der Waals surface area (Å²) in [6, 6.07) is 0. The average Bonchev–Trinajstić information content (AvgIpc) is 2.54. The van der Waals surface area contributed by atoms with Crippen LogP contribution in [0, 0.1) is 15.5 Å². The first-order chi connectivity index (χ1) is 10.1. The highest BCUT2D eigenvalue weighted by Gasteiger charge is 2.34. The molecule has 1 fully saturated rings. The molecule has 116 valence electrons. The largest absolute Gasteiger partial charge is 0.367 e. The Morgan fingerprint density at radius 3 is 2.43 bits per heavy atom. The van der Waals surface area contributed by atoms with Crippen LogP contribution in [0.4, 0.5) is 17.3 Å². The summed E-state index contributed by atoms with van der Waals surface area (Å²) in [5, 5.41) is 14.1. The van der Waals surface area contributed by atoms with Crippen LogP contribution in [-0.4, -0.2) is 35.0 Å². The molecule has 0 spiro atoms. The van der Waals surface area contributed by atoms with Crippen LogP contribution in [0.2, 0.25) is 0 Å². The number of rotatable bonds is 5. The van der Waals surface area contributed by atoms with E-state index in [1.54, 1.807) is 7.05 Å². The van der Waals surface area contributed by atoms with E-state index < -0.39 is 4.92 Å². The molecule has 2 rings (SSSR count). The Labute approximate surface area is 124 Å². The van der Waals surface area contributed by atoms with Crippen LogP contribution in [0.3, 0.4) is 0 Å². The molecular formula is C14H23N5O2. The molecule has 1 aromatic heterocycles. The van der Waals surface area contributed by atoms with Crippen LogP contribution in [0.25, 0.3) is 0 Å². The molecule has 1 aliphatic rings. The van der Waals surface area contributed by atoms with Crippen molar-refractivity contribution >= 4 is 17.3 Å². The molecular weight excluding hydrogens is 270 g/mol. The van der Waals surface area contributed by atoms with E-state index in [2.05, 4.69) is 29.1 Å². The third kappa shape index (κ3) is 2.91. The van der Waals surface area contributed by atoms with Crippen LogP contribution in [0.5, 0.6) is 0 Å². The Kier molecular flexibility index (Phi) is 4.59. The van der Waals surface area contributed by atoms with E-state index in [1.165, 1.54) is 6.33 Å². The molecule has 0 amide bonds. The van der Waals surface area contributed by atoms with E-state index in [4.69, 9.17) is 0 Å². The van der Waals surface area contributed by atoms with Gasteiger partial charge in [0.15, 0.2) is 0 Å². The Morgan fingerprint density at radius 1 is 1.33 bits per heavy atom. The number of aromatic nitrogens is 2. The Morgan fingerprint density at radius 2 is 1.95 bits per heavy atom. The summed E-state index contributed by atoms with van der Waals surface area (Å²) >= 11 is 0. The molecule has 0 atom stereocenters. The zero-order valence-corrected chi connectivity index (χ0v) is 12.9. The third-order valence-electron chi connectivity index (χ3n) is 4.85. The summed E-state index contributed by atoms with van der Waals surface area (Å²) < 4.78 is 0. The van der Waals surface area contributed by atoms with Crippen molar-refractivity contribution in [3.8, 4) is 0 Å². The number of anilines is 2. The molecule has 0 radical (unpaired) electrons. The van der Waals surface area contributed by atoms with Gasteiger partial charge in [0.1, 0.15) is 6.33 Å².